The molecule has 0 unspecified atom stereocenters. The van der Waals surface area contributed by atoms with Gasteiger partial charge in [0.15, 0.2) is 0 Å². The Morgan fingerprint density at radius 2 is 1.37 bits per heavy atom. The van der Waals surface area contributed by atoms with Crippen molar-refractivity contribution in [1.82, 2.24) is 4.90 Å². The highest BCUT2D eigenvalue weighted by Crippen LogP contribution is 2.39. The minimum atomic E-state index is -4.84. The summed E-state index contributed by atoms with van der Waals surface area (Å²) in [6, 6.07) is 3.66. The van der Waals surface area contributed by atoms with Gasteiger partial charge in [-0.3, -0.25) is 9.69 Å². The van der Waals surface area contributed by atoms with Gasteiger partial charge in [-0.1, -0.05) is 25.7 Å². The minimum Gasteiger partial charge on any atom is -0.369 e. The number of nitriles is 1. The summed E-state index contributed by atoms with van der Waals surface area (Å²) < 4.78 is 78.9. The smallest absolute Gasteiger partial charge is 0.369 e. The van der Waals surface area contributed by atoms with Crippen molar-refractivity contribution in [3.8, 4) is 6.07 Å². The van der Waals surface area contributed by atoms with Crippen LogP contribution >= 0.6 is 0 Å². The monoisotopic (exact) mass is 503 g/mol. The number of carbonyl (C=O) groups is 1. The van der Waals surface area contributed by atoms with Crippen molar-refractivity contribution in [3.63, 3.8) is 0 Å². The number of rotatable bonds is 8. The van der Waals surface area contributed by atoms with Crippen molar-refractivity contribution in [2.75, 3.05) is 37.6 Å². The Hall–Kier alpha value is -2.28. The summed E-state index contributed by atoms with van der Waals surface area (Å²) in [5, 5.41) is 8.57. The Labute approximate surface area is 201 Å². The first-order valence-electron chi connectivity index (χ1n) is 12.1. The maximum absolute atomic E-state index is 13.2. The molecule has 1 aromatic rings. The van der Waals surface area contributed by atoms with Gasteiger partial charge in [0, 0.05) is 38.3 Å². The molecule has 0 amide bonds. The fraction of sp³-hybridized carbons (Fsp3) is 0.680. The van der Waals surface area contributed by atoms with Gasteiger partial charge in [0.05, 0.1) is 23.6 Å². The van der Waals surface area contributed by atoms with E-state index in [0.29, 0.717) is 44.4 Å². The highest BCUT2D eigenvalue weighted by Gasteiger charge is 2.37. The third kappa shape index (κ3) is 8.13. The number of hydrogen-bond donors (Lipinski definition) is 0. The number of benzene rings is 1. The van der Waals surface area contributed by atoms with Crippen molar-refractivity contribution in [2.24, 2.45) is 11.8 Å². The molecule has 4 nitrogen and oxygen atoms in total. The molecular formula is C25H31F6N3O. The maximum Gasteiger partial charge on any atom is 0.416 e. The minimum absolute atomic E-state index is 0.00790. The molecule has 1 saturated heterocycles. The number of alkyl halides is 6. The van der Waals surface area contributed by atoms with Gasteiger partial charge in [0.1, 0.15) is 5.78 Å². The Balaban J connectivity index is 1.45. The summed E-state index contributed by atoms with van der Waals surface area (Å²) in [4.78, 5) is 15.4. The van der Waals surface area contributed by atoms with Crippen molar-refractivity contribution in [3.05, 3.63) is 29.3 Å². The number of hydrogen-bond acceptors (Lipinski definition) is 4. The van der Waals surface area contributed by atoms with Crippen LogP contribution < -0.4 is 4.90 Å². The second-order valence-corrected chi connectivity index (χ2v) is 9.68. The van der Waals surface area contributed by atoms with Crippen LogP contribution in [0.15, 0.2) is 18.2 Å². The topological polar surface area (TPSA) is 47.3 Å². The Kier molecular flexibility index (Phi) is 9.08. The average molecular weight is 504 g/mol. The van der Waals surface area contributed by atoms with Crippen LogP contribution in [0.3, 0.4) is 0 Å². The third-order valence-corrected chi connectivity index (χ3v) is 7.24. The summed E-state index contributed by atoms with van der Waals surface area (Å²) in [6.45, 7) is 2.80. The predicted molar refractivity (Wildman–Crippen MR) is 120 cm³/mol. The average Bonchev–Trinajstić information content (AvgIpc) is 2.81. The molecule has 0 N–H and O–H groups in total. The van der Waals surface area contributed by atoms with Crippen LogP contribution in [0.25, 0.3) is 0 Å². The van der Waals surface area contributed by atoms with Crippen LogP contribution in [0.2, 0.25) is 0 Å². The molecule has 0 atom stereocenters. The molecule has 1 aliphatic heterocycles. The van der Waals surface area contributed by atoms with Gasteiger partial charge >= 0.3 is 12.4 Å². The van der Waals surface area contributed by atoms with Crippen LogP contribution in [0.5, 0.6) is 0 Å². The van der Waals surface area contributed by atoms with E-state index in [1.807, 2.05) is 6.07 Å². The molecule has 1 aromatic carbocycles. The van der Waals surface area contributed by atoms with Gasteiger partial charge in [0.25, 0.3) is 0 Å². The van der Waals surface area contributed by atoms with Crippen LogP contribution in [0.4, 0.5) is 32.0 Å². The van der Waals surface area contributed by atoms with Crippen molar-refractivity contribution in [2.45, 2.75) is 63.7 Å². The van der Waals surface area contributed by atoms with E-state index in [1.54, 1.807) is 4.90 Å². The van der Waals surface area contributed by atoms with E-state index in [-0.39, 0.29) is 24.0 Å². The highest BCUT2D eigenvalue weighted by atomic mass is 19.4. The van der Waals surface area contributed by atoms with Crippen molar-refractivity contribution in [1.29, 1.82) is 5.26 Å². The van der Waals surface area contributed by atoms with E-state index in [4.69, 9.17) is 5.26 Å². The van der Waals surface area contributed by atoms with E-state index in [0.717, 1.165) is 57.2 Å². The van der Waals surface area contributed by atoms with E-state index in [9.17, 15) is 31.1 Å². The molecule has 1 saturated carbocycles. The standard InChI is InChI=1S/C25H31F6N3O/c26-24(27,28)20-15-21(25(29,30)31)17-22(16-20)34-13-11-33(12-14-34)10-8-19-3-1-18(2-4-19)5-6-23(35)7-9-32/h15-19H,1-8,10-14H2. The summed E-state index contributed by atoms with van der Waals surface area (Å²) in [7, 11) is 0. The van der Waals surface area contributed by atoms with E-state index < -0.39 is 23.5 Å². The molecule has 3 rings (SSSR count). The lowest BCUT2D eigenvalue weighted by molar-refractivity contribution is -0.143. The summed E-state index contributed by atoms with van der Waals surface area (Å²) in [5.41, 5.74) is -2.61. The molecule has 1 heterocycles. The van der Waals surface area contributed by atoms with Crippen LogP contribution in [0.1, 0.15) is 62.5 Å². The Bertz CT molecular complexity index is 860. The second-order valence-electron chi connectivity index (χ2n) is 9.68. The normalized spacial score (nSPS) is 22.1. The SMILES string of the molecule is N#CCC(=O)CCC1CCC(CCN2CCN(c3cc(C(F)(F)F)cc(C(F)(F)F)c3)CC2)CC1. The van der Waals surface area contributed by atoms with Crippen LogP contribution in [0, 0.1) is 23.2 Å². The fourth-order valence-corrected chi connectivity index (χ4v) is 5.07. The molecule has 0 aromatic heterocycles. The zero-order valence-electron chi connectivity index (χ0n) is 19.6. The number of Topliss-reactive ketones (excluding diaryl/α,β-unsaturated/α-hetero) is 1. The van der Waals surface area contributed by atoms with Gasteiger partial charge < -0.3 is 4.90 Å². The molecule has 0 spiro atoms. The first-order chi connectivity index (χ1) is 16.5. The highest BCUT2D eigenvalue weighted by molar-refractivity contribution is 5.80. The van der Waals surface area contributed by atoms with Crippen LogP contribution in [-0.2, 0) is 17.1 Å². The summed E-state index contributed by atoms with van der Waals surface area (Å²) in [5.74, 6) is 1.14. The Morgan fingerprint density at radius 1 is 0.857 bits per heavy atom. The molecule has 0 radical (unpaired) electrons. The molecule has 1 aliphatic carbocycles. The van der Waals surface area contributed by atoms with Gasteiger partial charge in [-0.05, 0) is 49.4 Å². The molecule has 2 fully saturated rings. The zero-order chi connectivity index (χ0) is 25.6. The van der Waals surface area contributed by atoms with E-state index in [2.05, 4.69) is 4.90 Å². The van der Waals surface area contributed by atoms with Gasteiger partial charge in [0.2, 0.25) is 0 Å². The predicted octanol–water partition coefficient (Wildman–Crippen LogP) is 6.31. The number of nitrogens with zero attached hydrogens (tertiary/aromatic N) is 3. The molecule has 10 heteroatoms. The number of anilines is 1. The number of carbonyl (C=O) groups excluding carboxylic acids is 1. The van der Waals surface area contributed by atoms with Crippen molar-refractivity contribution >= 4 is 11.5 Å². The van der Waals surface area contributed by atoms with Gasteiger partial charge in [-0.2, -0.15) is 31.6 Å². The number of ketones is 1. The fourth-order valence-electron chi connectivity index (χ4n) is 5.07. The summed E-state index contributed by atoms with van der Waals surface area (Å²) >= 11 is 0. The second kappa shape index (κ2) is 11.6. The van der Waals surface area contributed by atoms with E-state index >= 15 is 0 Å². The first kappa shape index (κ1) is 27.3. The summed E-state index contributed by atoms with van der Waals surface area (Å²) in [6.07, 6.45) is -3.01. The number of piperazine rings is 1. The molecule has 194 valence electrons. The first-order valence-corrected chi connectivity index (χ1v) is 12.1. The number of halogens is 6. The molecule has 2 aliphatic rings. The quantitative estimate of drug-likeness (QED) is 0.391. The van der Waals surface area contributed by atoms with Gasteiger partial charge in [-0.25, -0.2) is 0 Å². The maximum atomic E-state index is 13.2. The molecular weight excluding hydrogens is 472 g/mol. The van der Waals surface area contributed by atoms with Crippen molar-refractivity contribution < 1.29 is 31.1 Å². The Morgan fingerprint density at radius 3 is 1.86 bits per heavy atom. The molecule has 35 heavy (non-hydrogen) atoms. The largest absolute Gasteiger partial charge is 0.416 e. The third-order valence-electron chi connectivity index (χ3n) is 7.24. The lowest BCUT2D eigenvalue weighted by atomic mass is 9.78. The lowest BCUT2D eigenvalue weighted by Gasteiger charge is -2.37. The zero-order valence-corrected chi connectivity index (χ0v) is 19.6. The van der Waals surface area contributed by atoms with Crippen LogP contribution in [-0.4, -0.2) is 43.4 Å². The molecule has 0 bridgehead atoms. The lowest BCUT2D eigenvalue weighted by Crippen LogP contribution is -2.47. The van der Waals surface area contributed by atoms with Gasteiger partial charge in [-0.15, -0.1) is 0 Å². The van der Waals surface area contributed by atoms with E-state index in [1.165, 1.54) is 0 Å².